The molecule has 3 aromatic rings. The first-order valence-electron chi connectivity index (χ1n) is 9.43. The van der Waals surface area contributed by atoms with E-state index in [-0.39, 0.29) is 18.3 Å². The van der Waals surface area contributed by atoms with Crippen LogP contribution in [-0.2, 0) is 32.6 Å². The Balaban J connectivity index is 0.00000225. The molecule has 0 saturated carbocycles. The van der Waals surface area contributed by atoms with Crippen LogP contribution in [0, 0.1) is 0 Å². The number of hydrogen-bond acceptors (Lipinski definition) is 3. The Kier molecular flexibility index (Phi) is 6.49. The number of nitrogens with one attached hydrogen (secondary N) is 2. The fourth-order valence-corrected chi connectivity index (χ4v) is 3.60. The summed E-state index contributed by atoms with van der Waals surface area (Å²) in [6, 6.07) is 16.6. The first kappa shape index (κ1) is 20.1. The van der Waals surface area contributed by atoms with Gasteiger partial charge in [0.2, 0.25) is 0 Å². The molecule has 4 rings (SSSR count). The van der Waals surface area contributed by atoms with Crippen LogP contribution in [0.1, 0.15) is 45.2 Å². The smallest absolute Gasteiger partial charge is 0.255 e. The molecule has 2 aromatic carbocycles. The molecule has 0 spiro atoms. The van der Waals surface area contributed by atoms with Gasteiger partial charge in [-0.25, -0.2) is 0 Å². The van der Waals surface area contributed by atoms with Crippen molar-refractivity contribution in [3.05, 3.63) is 88.2 Å². The molecule has 2 N–H and O–H groups in total. The summed E-state index contributed by atoms with van der Waals surface area (Å²) in [4.78, 5) is 12.7. The van der Waals surface area contributed by atoms with Gasteiger partial charge in [0.1, 0.15) is 0 Å². The largest absolute Gasteiger partial charge is 0.348 e. The van der Waals surface area contributed by atoms with Crippen molar-refractivity contribution in [1.82, 2.24) is 20.4 Å². The van der Waals surface area contributed by atoms with Crippen molar-refractivity contribution in [2.75, 3.05) is 0 Å². The molecule has 0 aliphatic carbocycles. The van der Waals surface area contributed by atoms with E-state index >= 15 is 0 Å². The first-order valence-corrected chi connectivity index (χ1v) is 9.43. The molecule has 1 aromatic heterocycles. The molecule has 0 saturated heterocycles. The highest BCUT2D eigenvalue weighted by atomic mass is 35.5. The molecule has 2 heterocycles. The third kappa shape index (κ3) is 4.26. The van der Waals surface area contributed by atoms with Crippen LogP contribution >= 0.6 is 12.4 Å². The van der Waals surface area contributed by atoms with Gasteiger partial charge in [-0.15, -0.1) is 12.4 Å². The molecule has 1 aliphatic rings. The maximum absolute atomic E-state index is 12.7. The van der Waals surface area contributed by atoms with Crippen LogP contribution in [0.4, 0.5) is 0 Å². The van der Waals surface area contributed by atoms with Gasteiger partial charge >= 0.3 is 0 Å². The second kappa shape index (κ2) is 9.04. The number of hydrogen-bond donors (Lipinski definition) is 2. The zero-order valence-corrected chi connectivity index (χ0v) is 16.8. The molecule has 1 amide bonds. The average molecular weight is 397 g/mol. The third-order valence-electron chi connectivity index (χ3n) is 5.06. The van der Waals surface area contributed by atoms with E-state index in [9.17, 15) is 4.79 Å². The summed E-state index contributed by atoms with van der Waals surface area (Å²) in [5.74, 6) is -0.0650. The van der Waals surface area contributed by atoms with Gasteiger partial charge in [0.25, 0.3) is 5.91 Å². The summed E-state index contributed by atoms with van der Waals surface area (Å²) in [6.07, 6.45) is 2.45. The van der Waals surface area contributed by atoms with E-state index in [0.29, 0.717) is 18.7 Å². The molecular formula is C22H25ClN4O. The number of amides is 1. The van der Waals surface area contributed by atoms with Crippen molar-refractivity contribution in [1.29, 1.82) is 0 Å². The molecule has 146 valence electrons. The van der Waals surface area contributed by atoms with E-state index in [4.69, 9.17) is 0 Å². The number of nitrogens with zero attached hydrogens (tertiary/aromatic N) is 2. The molecule has 1 aliphatic heterocycles. The van der Waals surface area contributed by atoms with E-state index < -0.39 is 0 Å². The van der Waals surface area contributed by atoms with Gasteiger partial charge in [-0.2, -0.15) is 5.10 Å². The number of halogens is 1. The van der Waals surface area contributed by atoms with E-state index in [1.54, 1.807) is 6.20 Å². The minimum Gasteiger partial charge on any atom is -0.348 e. The number of carbonyl (C=O) groups is 1. The molecule has 0 radical (unpaired) electrons. The van der Waals surface area contributed by atoms with Gasteiger partial charge in [0, 0.05) is 19.6 Å². The second-order valence-corrected chi connectivity index (χ2v) is 6.89. The SMILES string of the molecule is CCc1c(C(=O)NCc2ccc3c(c2)CNC3)cnn1Cc1ccccc1.Cl. The number of fused-ring (bicyclic) bond motifs is 1. The minimum absolute atomic E-state index is 0. The van der Waals surface area contributed by atoms with Crippen LogP contribution in [0.3, 0.4) is 0 Å². The van der Waals surface area contributed by atoms with Crippen LogP contribution in [0.5, 0.6) is 0 Å². The summed E-state index contributed by atoms with van der Waals surface area (Å²) in [7, 11) is 0. The first-order chi connectivity index (χ1) is 13.2. The zero-order valence-electron chi connectivity index (χ0n) is 15.9. The fraction of sp³-hybridized carbons (Fsp3) is 0.273. The Labute approximate surface area is 171 Å². The summed E-state index contributed by atoms with van der Waals surface area (Å²) < 4.78 is 1.92. The molecule has 5 nitrogen and oxygen atoms in total. The van der Waals surface area contributed by atoms with Crippen LogP contribution in [0.2, 0.25) is 0 Å². The van der Waals surface area contributed by atoms with E-state index in [1.807, 2.05) is 22.9 Å². The molecular weight excluding hydrogens is 372 g/mol. The fourth-order valence-electron chi connectivity index (χ4n) is 3.60. The highest BCUT2D eigenvalue weighted by Gasteiger charge is 2.17. The summed E-state index contributed by atoms with van der Waals surface area (Å²) in [5.41, 5.74) is 6.60. The Morgan fingerprint density at radius 1 is 1.11 bits per heavy atom. The highest BCUT2D eigenvalue weighted by Crippen LogP contribution is 2.17. The topological polar surface area (TPSA) is 59.0 Å². The number of aromatic nitrogens is 2. The Morgan fingerprint density at radius 3 is 2.68 bits per heavy atom. The molecule has 0 unspecified atom stereocenters. The Bertz CT molecular complexity index is 952. The van der Waals surface area contributed by atoms with E-state index in [1.165, 1.54) is 16.7 Å². The number of benzene rings is 2. The Morgan fingerprint density at radius 2 is 1.89 bits per heavy atom. The summed E-state index contributed by atoms with van der Waals surface area (Å²) in [6.45, 7) is 5.10. The number of carbonyl (C=O) groups excluding carboxylic acids is 1. The van der Waals surface area contributed by atoms with Crippen molar-refractivity contribution in [3.8, 4) is 0 Å². The van der Waals surface area contributed by atoms with Crippen molar-refractivity contribution in [3.63, 3.8) is 0 Å². The van der Waals surface area contributed by atoms with Gasteiger partial charge in [0.05, 0.1) is 24.0 Å². The lowest BCUT2D eigenvalue weighted by Crippen LogP contribution is -2.24. The average Bonchev–Trinajstić information content (AvgIpc) is 3.33. The van der Waals surface area contributed by atoms with Gasteiger partial charge < -0.3 is 10.6 Å². The van der Waals surface area contributed by atoms with Crippen molar-refractivity contribution in [2.24, 2.45) is 0 Å². The van der Waals surface area contributed by atoms with Crippen LogP contribution in [-0.4, -0.2) is 15.7 Å². The maximum atomic E-state index is 12.7. The van der Waals surface area contributed by atoms with E-state index in [0.717, 1.165) is 30.8 Å². The molecule has 0 bridgehead atoms. The van der Waals surface area contributed by atoms with Gasteiger partial charge in [-0.05, 0) is 28.7 Å². The molecule has 0 fully saturated rings. The maximum Gasteiger partial charge on any atom is 0.255 e. The Hall–Kier alpha value is -2.63. The molecule has 0 atom stereocenters. The second-order valence-electron chi connectivity index (χ2n) is 6.89. The zero-order chi connectivity index (χ0) is 18.6. The quantitative estimate of drug-likeness (QED) is 0.671. The van der Waals surface area contributed by atoms with Gasteiger partial charge in [-0.3, -0.25) is 9.48 Å². The third-order valence-corrected chi connectivity index (χ3v) is 5.06. The lowest BCUT2D eigenvalue weighted by atomic mass is 10.1. The summed E-state index contributed by atoms with van der Waals surface area (Å²) >= 11 is 0. The normalized spacial score (nSPS) is 12.3. The van der Waals surface area contributed by atoms with Crippen molar-refractivity contribution >= 4 is 18.3 Å². The van der Waals surface area contributed by atoms with Gasteiger partial charge in [-0.1, -0.05) is 55.5 Å². The molecule has 28 heavy (non-hydrogen) atoms. The predicted molar refractivity (Wildman–Crippen MR) is 113 cm³/mol. The highest BCUT2D eigenvalue weighted by molar-refractivity contribution is 5.95. The summed E-state index contributed by atoms with van der Waals surface area (Å²) in [5, 5.41) is 10.8. The standard InChI is InChI=1S/C22H24N4O.ClH/c1-2-21-20(14-25-26(21)15-16-6-4-3-5-7-16)22(27)24-11-17-8-9-18-12-23-13-19(18)10-17;/h3-10,14,23H,2,11-13,15H2,1H3,(H,24,27);1H. The lowest BCUT2D eigenvalue weighted by molar-refractivity contribution is 0.0950. The number of rotatable bonds is 6. The van der Waals surface area contributed by atoms with Crippen LogP contribution in [0.15, 0.2) is 54.7 Å². The monoisotopic (exact) mass is 396 g/mol. The van der Waals surface area contributed by atoms with Crippen LogP contribution < -0.4 is 10.6 Å². The van der Waals surface area contributed by atoms with Gasteiger partial charge in [0.15, 0.2) is 0 Å². The van der Waals surface area contributed by atoms with Crippen LogP contribution in [0.25, 0.3) is 0 Å². The van der Waals surface area contributed by atoms with Crippen molar-refractivity contribution in [2.45, 2.75) is 39.5 Å². The minimum atomic E-state index is -0.0650. The van der Waals surface area contributed by atoms with Crippen molar-refractivity contribution < 1.29 is 4.79 Å². The molecule has 6 heteroatoms. The predicted octanol–water partition coefficient (Wildman–Crippen LogP) is 3.45. The lowest BCUT2D eigenvalue weighted by Gasteiger charge is -2.09. The van der Waals surface area contributed by atoms with E-state index in [2.05, 4.69) is 53.0 Å².